The molecule has 3 rings (SSSR count). The molecule has 2 saturated heterocycles. The minimum atomic E-state index is -0.350. The van der Waals surface area contributed by atoms with Crippen LogP contribution in [-0.2, 0) is 20.7 Å². The molecule has 6 heteroatoms. The Balaban J connectivity index is 1.69. The second kappa shape index (κ2) is 6.26. The molecule has 2 atom stereocenters. The Morgan fingerprint density at radius 3 is 3.05 bits per heavy atom. The maximum Gasteiger partial charge on any atom is 0.227 e. The summed E-state index contributed by atoms with van der Waals surface area (Å²) in [5.41, 5.74) is 0.450. The number of carbonyl (C=O) groups is 1. The summed E-state index contributed by atoms with van der Waals surface area (Å²) in [5.74, 6) is -0.279. The van der Waals surface area contributed by atoms with Gasteiger partial charge in [-0.1, -0.05) is 6.07 Å². The van der Waals surface area contributed by atoms with E-state index in [1.54, 1.807) is 12.1 Å². The summed E-state index contributed by atoms with van der Waals surface area (Å²) in [4.78, 5) is 14.4. The average molecular weight is 372 g/mol. The van der Waals surface area contributed by atoms with E-state index in [-0.39, 0.29) is 29.9 Å². The van der Waals surface area contributed by atoms with E-state index in [4.69, 9.17) is 9.47 Å². The lowest BCUT2D eigenvalue weighted by Crippen LogP contribution is -2.57. The van der Waals surface area contributed by atoms with Crippen LogP contribution in [0.2, 0.25) is 0 Å². The third-order valence-corrected chi connectivity index (χ3v) is 4.77. The molecule has 0 unspecified atom stereocenters. The molecule has 22 heavy (non-hydrogen) atoms. The van der Waals surface area contributed by atoms with Crippen molar-refractivity contribution in [2.75, 3.05) is 26.3 Å². The van der Waals surface area contributed by atoms with Gasteiger partial charge in [-0.05, 0) is 40.5 Å². The molecule has 2 aliphatic heterocycles. The monoisotopic (exact) mass is 371 g/mol. The van der Waals surface area contributed by atoms with Crippen molar-refractivity contribution in [3.63, 3.8) is 0 Å². The van der Waals surface area contributed by atoms with Gasteiger partial charge in [0.15, 0.2) is 0 Å². The number of halogens is 2. The van der Waals surface area contributed by atoms with E-state index in [1.807, 2.05) is 11.8 Å². The van der Waals surface area contributed by atoms with Gasteiger partial charge in [-0.2, -0.15) is 0 Å². The molecular weight excluding hydrogens is 353 g/mol. The van der Waals surface area contributed by atoms with Gasteiger partial charge in [-0.15, -0.1) is 0 Å². The molecule has 2 fully saturated rings. The SMILES string of the molecule is C[C@H]1CN(C(=O)Cc2ccc(F)c(Br)c2)C[C@@]2(CCOC2)O1. The molecule has 0 radical (unpaired) electrons. The summed E-state index contributed by atoms with van der Waals surface area (Å²) in [6, 6.07) is 4.68. The fraction of sp³-hybridized carbons (Fsp3) is 0.562. The summed E-state index contributed by atoms with van der Waals surface area (Å²) in [6.45, 7) is 4.36. The molecule has 1 aromatic rings. The standard InChI is InChI=1S/C16H19BrFNO3/c1-11-8-19(9-16(22-11)4-5-21-10-16)15(20)7-12-2-3-14(18)13(17)6-12/h2-3,6,11H,4-5,7-10H2,1H3/t11-,16+/m0/s1. The molecular formula is C16H19BrFNO3. The van der Waals surface area contributed by atoms with Crippen LogP contribution in [0.5, 0.6) is 0 Å². The fourth-order valence-electron chi connectivity index (χ4n) is 3.16. The minimum absolute atomic E-state index is 0.000598. The molecule has 0 saturated carbocycles. The molecule has 0 bridgehead atoms. The first kappa shape index (κ1) is 15.9. The molecule has 1 amide bonds. The van der Waals surface area contributed by atoms with E-state index >= 15 is 0 Å². The van der Waals surface area contributed by atoms with Gasteiger partial charge in [-0.25, -0.2) is 4.39 Å². The van der Waals surface area contributed by atoms with Gasteiger partial charge >= 0.3 is 0 Å². The van der Waals surface area contributed by atoms with Gasteiger partial charge in [0.2, 0.25) is 5.91 Å². The maximum atomic E-state index is 13.3. The Hall–Kier alpha value is -0.980. The van der Waals surface area contributed by atoms with Crippen LogP contribution in [0.15, 0.2) is 22.7 Å². The molecule has 1 spiro atoms. The van der Waals surface area contributed by atoms with Gasteiger partial charge in [0.05, 0.1) is 30.1 Å². The second-order valence-electron chi connectivity index (χ2n) is 6.11. The number of benzene rings is 1. The van der Waals surface area contributed by atoms with Gasteiger partial charge < -0.3 is 14.4 Å². The van der Waals surface area contributed by atoms with E-state index in [0.717, 1.165) is 12.0 Å². The van der Waals surface area contributed by atoms with Crippen molar-refractivity contribution in [3.05, 3.63) is 34.1 Å². The number of ether oxygens (including phenoxy) is 2. The summed E-state index contributed by atoms with van der Waals surface area (Å²) in [5, 5.41) is 0. The molecule has 1 aromatic carbocycles. The van der Waals surface area contributed by atoms with Crippen molar-refractivity contribution in [2.24, 2.45) is 0 Å². The number of hydrogen-bond acceptors (Lipinski definition) is 3. The highest BCUT2D eigenvalue weighted by atomic mass is 79.9. The Kier molecular flexibility index (Phi) is 4.52. The fourth-order valence-corrected chi connectivity index (χ4v) is 3.58. The Morgan fingerprint density at radius 2 is 2.36 bits per heavy atom. The number of morpholine rings is 1. The highest BCUT2D eigenvalue weighted by Crippen LogP contribution is 2.30. The van der Waals surface area contributed by atoms with Crippen LogP contribution in [0.25, 0.3) is 0 Å². The van der Waals surface area contributed by atoms with E-state index in [9.17, 15) is 9.18 Å². The summed E-state index contributed by atoms with van der Waals surface area (Å²) in [7, 11) is 0. The van der Waals surface area contributed by atoms with Gasteiger partial charge in [0.25, 0.3) is 0 Å². The zero-order valence-corrected chi connectivity index (χ0v) is 14.1. The first-order valence-corrected chi connectivity index (χ1v) is 8.24. The number of hydrogen-bond donors (Lipinski definition) is 0. The third kappa shape index (κ3) is 3.34. The molecule has 2 heterocycles. The van der Waals surface area contributed by atoms with Crippen LogP contribution in [0.3, 0.4) is 0 Å². The normalized spacial score (nSPS) is 28.3. The lowest BCUT2D eigenvalue weighted by Gasteiger charge is -2.42. The second-order valence-corrected chi connectivity index (χ2v) is 6.97. The van der Waals surface area contributed by atoms with Crippen LogP contribution in [-0.4, -0.2) is 48.8 Å². The zero-order valence-electron chi connectivity index (χ0n) is 12.5. The minimum Gasteiger partial charge on any atom is -0.378 e. The Bertz CT molecular complexity index is 575. The summed E-state index contributed by atoms with van der Waals surface area (Å²) in [6.07, 6.45) is 1.09. The van der Waals surface area contributed by atoms with Crippen molar-refractivity contribution < 1.29 is 18.7 Å². The van der Waals surface area contributed by atoms with Crippen LogP contribution in [0, 0.1) is 5.82 Å². The maximum absolute atomic E-state index is 13.3. The van der Waals surface area contributed by atoms with Crippen LogP contribution in [0.1, 0.15) is 18.9 Å². The summed E-state index contributed by atoms with van der Waals surface area (Å²) < 4.78 is 25.1. The lowest BCUT2D eigenvalue weighted by molar-refractivity contribution is -0.165. The predicted molar refractivity (Wildman–Crippen MR) is 83.1 cm³/mol. The molecule has 0 N–H and O–H groups in total. The van der Waals surface area contributed by atoms with Crippen molar-refractivity contribution in [1.29, 1.82) is 0 Å². The van der Waals surface area contributed by atoms with E-state index in [1.165, 1.54) is 6.07 Å². The van der Waals surface area contributed by atoms with Crippen molar-refractivity contribution in [2.45, 2.75) is 31.5 Å². The molecule has 0 aromatic heterocycles. The molecule has 0 aliphatic carbocycles. The topological polar surface area (TPSA) is 38.8 Å². The van der Waals surface area contributed by atoms with Gasteiger partial charge in [0.1, 0.15) is 11.4 Å². The predicted octanol–water partition coefficient (Wildman–Crippen LogP) is 2.54. The number of carbonyl (C=O) groups excluding carboxylic acids is 1. The van der Waals surface area contributed by atoms with Crippen molar-refractivity contribution in [3.8, 4) is 0 Å². The third-order valence-electron chi connectivity index (χ3n) is 4.17. The van der Waals surface area contributed by atoms with Gasteiger partial charge in [0, 0.05) is 19.6 Å². The van der Waals surface area contributed by atoms with Crippen molar-refractivity contribution >= 4 is 21.8 Å². The van der Waals surface area contributed by atoms with Crippen LogP contribution >= 0.6 is 15.9 Å². The summed E-state index contributed by atoms with van der Waals surface area (Å²) >= 11 is 3.15. The van der Waals surface area contributed by atoms with Crippen LogP contribution in [0.4, 0.5) is 4.39 Å². The number of amides is 1. The van der Waals surface area contributed by atoms with Crippen molar-refractivity contribution in [1.82, 2.24) is 4.90 Å². The smallest absolute Gasteiger partial charge is 0.227 e. The van der Waals surface area contributed by atoms with E-state index in [2.05, 4.69) is 15.9 Å². The number of rotatable bonds is 2. The van der Waals surface area contributed by atoms with Gasteiger partial charge in [-0.3, -0.25) is 4.79 Å². The first-order valence-electron chi connectivity index (χ1n) is 7.45. The quantitative estimate of drug-likeness (QED) is 0.801. The highest BCUT2D eigenvalue weighted by Gasteiger charge is 2.43. The molecule has 4 nitrogen and oxygen atoms in total. The Morgan fingerprint density at radius 1 is 1.55 bits per heavy atom. The number of nitrogens with zero attached hydrogens (tertiary/aromatic N) is 1. The van der Waals surface area contributed by atoms with E-state index in [0.29, 0.717) is 30.8 Å². The highest BCUT2D eigenvalue weighted by molar-refractivity contribution is 9.10. The van der Waals surface area contributed by atoms with E-state index < -0.39 is 0 Å². The average Bonchev–Trinajstić information content (AvgIpc) is 2.89. The molecule has 120 valence electrons. The Labute approximate surface area is 137 Å². The molecule has 2 aliphatic rings. The largest absolute Gasteiger partial charge is 0.378 e. The van der Waals surface area contributed by atoms with Crippen LogP contribution < -0.4 is 0 Å². The zero-order chi connectivity index (χ0) is 15.7. The lowest BCUT2D eigenvalue weighted by atomic mass is 9.98. The first-order chi connectivity index (χ1) is 10.5.